The van der Waals surface area contributed by atoms with Gasteiger partial charge in [-0.15, -0.1) is 0 Å². The van der Waals surface area contributed by atoms with Gasteiger partial charge in [0.05, 0.1) is 24.1 Å². The van der Waals surface area contributed by atoms with Crippen LogP contribution >= 0.6 is 0 Å². The van der Waals surface area contributed by atoms with Crippen LogP contribution in [0.3, 0.4) is 0 Å². The highest BCUT2D eigenvalue weighted by atomic mass is 19.4. The first-order chi connectivity index (χ1) is 17.8. The zero-order chi connectivity index (χ0) is 26.0. The van der Waals surface area contributed by atoms with E-state index in [-0.39, 0.29) is 12.2 Å². The van der Waals surface area contributed by atoms with E-state index in [1.54, 1.807) is 29.8 Å². The number of hydrogen-bond acceptors (Lipinski definition) is 4. The Hall–Kier alpha value is -4.66. The molecule has 9 heteroatoms. The highest BCUT2D eigenvalue weighted by Crippen LogP contribution is 2.32. The molecule has 0 unspecified atom stereocenters. The Balaban J connectivity index is 1.54. The Labute approximate surface area is 210 Å². The predicted molar refractivity (Wildman–Crippen MR) is 133 cm³/mol. The minimum absolute atomic E-state index is 0.0892. The van der Waals surface area contributed by atoms with Gasteiger partial charge in [0.25, 0.3) is 5.91 Å². The molecule has 0 atom stereocenters. The summed E-state index contributed by atoms with van der Waals surface area (Å²) < 4.78 is 46.3. The highest BCUT2D eigenvalue weighted by Gasteiger charge is 2.30. The van der Waals surface area contributed by atoms with Crippen LogP contribution in [0.1, 0.15) is 21.6 Å². The van der Waals surface area contributed by atoms with Crippen LogP contribution in [0.2, 0.25) is 0 Å². The first-order valence-corrected chi connectivity index (χ1v) is 11.4. The summed E-state index contributed by atoms with van der Waals surface area (Å²) in [5, 5.41) is 7.40. The third-order valence-corrected chi connectivity index (χ3v) is 5.82. The van der Waals surface area contributed by atoms with Crippen LogP contribution in [0, 0.1) is 0 Å². The number of amides is 1. The summed E-state index contributed by atoms with van der Waals surface area (Å²) >= 11 is 0. The van der Waals surface area contributed by atoms with E-state index in [0.717, 1.165) is 17.7 Å². The van der Waals surface area contributed by atoms with Gasteiger partial charge >= 0.3 is 6.18 Å². The van der Waals surface area contributed by atoms with Gasteiger partial charge in [-0.05, 0) is 35.9 Å². The molecule has 1 amide bonds. The van der Waals surface area contributed by atoms with Gasteiger partial charge in [-0.3, -0.25) is 4.79 Å². The average Bonchev–Trinajstić information content (AvgIpc) is 3.36. The second-order valence-electron chi connectivity index (χ2n) is 8.27. The van der Waals surface area contributed by atoms with Gasteiger partial charge in [-0.2, -0.15) is 18.3 Å². The molecule has 186 valence electrons. The van der Waals surface area contributed by atoms with Crippen LogP contribution in [-0.2, 0) is 12.7 Å². The fourth-order valence-corrected chi connectivity index (χ4v) is 4.02. The maximum Gasteiger partial charge on any atom is 0.416 e. The molecule has 0 spiro atoms. The van der Waals surface area contributed by atoms with Crippen LogP contribution in [0.5, 0.6) is 5.75 Å². The number of aromatic nitrogens is 3. The second-order valence-corrected chi connectivity index (χ2v) is 8.27. The van der Waals surface area contributed by atoms with Crippen molar-refractivity contribution in [1.82, 2.24) is 19.9 Å². The van der Waals surface area contributed by atoms with E-state index in [0.29, 0.717) is 33.9 Å². The molecule has 5 aromatic rings. The standard InChI is InChI=1S/C28H21F3N4O2/c1-37-25-13-6-5-12-21(25)24-15-23(27(36)32-17-18-8-7-11-20(14-18)28(29,30)31)33-26-16-22(34-35(24)26)19-9-3-2-4-10-19/h2-16H,17H2,1H3,(H,32,36). The molecule has 0 radical (unpaired) electrons. The lowest BCUT2D eigenvalue weighted by Gasteiger charge is -2.12. The van der Waals surface area contributed by atoms with Crippen LogP contribution in [0.25, 0.3) is 28.2 Å². The molecule has 0 saturated heterocycles. The Morgan fingerprint density at radius 1 is 0.946 bits per heavy atom. The van der Waals surface area contributed by atoms with Gasteiger partial charge in [0.2, 0.25) is 0 Å². The van der Waals surface area contributed by atoms with Crippen molar-refractivity contribution in [2.75, 3.05) is 7.11 Å². The van der Waals surface area contributed by atoms with Gasteiger partial charge in [0, 0.05) is 23.7 Å². The lowest BCUT2D eigenvalue weighted by Crippen LogP contribution is -2.24. The fraction of sp³-hybridized carbons (Fsp3) is 0.107. The number of alkyl halides is 3. The molecule has 0 aliphatic carbocycles. The Morgan fingerprint density at radius 2 is 1.70 bits per heavy atom. The van der Waals surface area contributed by atoms with E-state index in [1.807, 2.05) is 48.5 Å². The summed E-state index contributed by atoms with van der Waals surface area (Å²) in [6.45, 7) is -0.0892. The molecule has 2 aromatic heterocycles. The summed E-state index contributed by atoms with van der Waals surface area (Å²) in [5.41, 5.74) is 2.92. The molecule has 37 heavy (non-hydrogen) atoms. The molecular formula is C28H21F3N4O2. The summed E-state index contributed by atoms with van der Waals surface area (Å²) in [7, 11) is 1.55. The molecule has 5 rings (SSSR count). The number of nitrogens with zero attached hydrogens (tertiary/aromatic N) is 3. The number of fused-ring (bicyclic) bond motifs is 1. The van der Waals surface area contributed by atoms with Crippen molar-refractivity contribution in [1.29, 1.82) is 0 Å². The van der Waals surface area contributed by atoms with Gasteiger partial charge in [-0.25, -0.2) is 9.50 Å². The smallest absolute Gasteiger partial charge is 0.416 e. The van der Waals surface area contributed by atoms with E-state index in [9.17, 15) is 18.0 Å². The highest BCUT2D eigenvalue weighted by molar-refractivity contribution is 5.94. The molecule has 2 heterocycles. The largest absolute Gasteiger partial charge is 0.496 e. The molecule has 1 N–H and O–H groups in total. The number of hydrogen-bond donors (Lipinski definition) is 1. The van der Waals surface area contributed by atoms with Crippen molar-refractivity contribution in [2.45, 2.75) is 12.7 Å². The molecule has 3 aromatic carbocycles. The van der Waals surface area contributed by atoms with Crippen molar-refractivity contribution in [3.63, 3.8) is 0 Å². The van der Waals surface area contributed by atoms with Crippen molar-refractivity contribution < 1.29 is 22.7 Å². The van der Waals surface area contributed by atoms with Crippen LogP contribution in [0.4, 0.5) is 13.2 Å². The molecule has 0 fully saturated rings. The molecule has 0 saturated carbocycles. The second kappa shape index (κ2) is 9.77. The van der Waals surface area contributed by atoms with Gasteiger partial charge in [0.15, 0.2) is 5.65 Å². The van der Waals surface area contributed by atoms with Crippen molar-refractivity contribution >= 4 is 11.6 Å². The quantitative estimate of drug-likeness (QED) is 0.308. The van der Waals surface area contributed by atoms with Crippen LogP contribution in [0.15, 0.2) is 91.0 Å². The molecule has 0 aliphatic heterocycles. The van der Waals surface area contributed by atoms with Gasteiger partial charge in [0.1, 0.15) is 11.4 Å². The minimum Gasteiger partial charge on any atom is -0.496 e. The van der Waals surface area contributed by atoms with Gasteiger partial charge < -0.3 is 10.1 Å². The minimum atomic E-state index is -4.46. The number of para-hydroxylation sites is 1. The number of ether oxygens (including phenoxy) is 1. The normalized spacial score (nSPS) is 11.5. The van der Waals surface area contributed by atoms with Crippen molar-refractivity contribution in [3.8, 4) is 28.3 Å². The topological polar surface area (TPSA) is 68.5 Å². The van der Waals surface area contributed by atoms with E-state index >= 15 is 0 Å². The summed E-state index contributed by atoms with van der Waals surface area (Å²) in [6, 6.07) is 25.1. The zero-order valence-corrected chi connectivity index (χ0v) is 19.7. The Kier molecular flexibility index (Phi) is 6.35. The SMILES string of the molecule is COc1ccccc1-c1cc(C(=O)NCc2cccc(C(F)(F)F)c2)nc2cc(-c3ccccc3)nn12. The summed E-state index contributed by atoms with van der Waals surface area (Å²) in [4.78, 5) is 17.6. The third-order valence-electron chi connectivity index (χ3n) is 5.82. The van der Waals surface area contributed by atoms with E-state index < -0.39 is 17.6 Å². The first kappa shape index (κ1) is 24.1. The average molecular weight is 502 g/mol. The predicted octanol–water partition coefficient (Wildman–Crippen LogP) is 6.02. The van der Waals surface area contributed by atoms with E-state index in [2.05, 4.69) is 10.3 Å². The number of carbonyl (C=O) groups is 1. The third kappa shape index (κ3) is 5.02. The summed E-state index contributed by atoms with van der Waals surface area (Å²) in [5.74, 6) is 0.0561. The lowest BCUT2D eigenvalue weighted by atomic mass is 10.1. The number of halogens is 3. The number of carbonyl (C=O) groups excluding carboxylic acids is 1. The molecule has 6 nitrogen and oxygen atoms in total. The molecular weight excluding hydrogens is 481 g/mol. The maximum absolute atomic E-state index is 13.1. The number of rotatable bonds is 6. The number of methoxy groups -OCH3 is 1. The van der Waals surface area contributed by atoms with Crippen molar-refractivity contribution in [2.24, 2.45) is 0 Å². The van der Waals surface area contributed by atoms with Crippen LogP contribution < -0.4 is 10.1 Å². The lowest BCUT2D eigenvalue weighted by molar-refractivity contribution is -0.137. The Morgan fingerprint density at radius 3 is 2.46 bits per heavy atom. The summed E-state index contributed by atoms with van der Waals surface area (Å²) in [6.07, 6.45) is -4.46. The maximum atomic E-state index is 13.1. The van der Waals surface area contributed by atoms with E-state index in [1.165, 1.54) is 12.1 Å². The molecule has 0 aliphatic rings. The van der Waals surface area contributed by atoms with Gasteiger partial charge in [-0.1, -0.05) is 54.6 Å². The fourth-order valence-electron chi connectivity index (χ4n) is 4.02. The number of nitrogens with one attached hydrogen (secondary N) is 1. The molecule has 0 bridgehead atoms. The van der Waals surface area contributed by atoms with Crippen molar-refractivity contribution in [3.05, 3.63) is 108 Å². The zero-order valence-electron chi connectivity index (χ0n) is 19.7. The van der Waals surface area contributed by atoms with Crippen LogP contribution in [-0.4, -0.2) is 27.6 Å². The Bertz CT molecular complexity index is 1580. The first-order valence-electron chi connectivity index (χ1n) is 11.4. The number of benzene rings is 3. The monoisotopic (exact) mass is 502 g/mol. The van der Waals surface area contributed by atoms with E-state index in [4.69, 9.17) is 9.84 Å².